The molecule has 0 radical (unpaired) electrons. The van der Waals surface area contributed by atoms with Gasteiger partial charge in [0.25, 0.3) is 0 Å². The standard InChI is InChI=1S/C12H24N6.HI/c1-4-6-7-8-14-12(13-3)15-9-11-17-16-10-18(11)5-2;/h10H,4-9H2,1-3H3,(H2,13,14,15);1H. The Morgan fingerprint density at radius 1 is 1.32 bits per heavy atom. The Labute approximate surface area is 132 Å². The van der Waals surface area contributed by atoms with Crippen LogP contribution in [0.15, 0.2) is 11.3 Å². The average molecular weight is 380 g/mol. The molecule has 0 aliphatic rings. The van der Waals surface area contributed by atoms with Crippen molar-refractivity contribution in [3.05, 3.63) is 12.2 Å². The van der Waals surface area contributed by atoms with Crippen LogP contribution in [0, 0.1) is 0 Å². The van der Waals surface area contributed by atoms with Gasteiger partial charge in [-0.3, -0.25) is 4.99 Å². The largest absolute Gasteiger partial charge is 0.356 e. The van der Waals surface area contributed by atoms with E-state index in [1.165, 1.54) is 19.3 Å². The van der Waals surface area contributed by atoms with Crippen LogP contribution in [0.3, 0.4) is 0 Å². The van der Waals surface area contributed by atoms with Crippen molar-refractivity contribution >= 4 is 29.9 Å². The molecule has 0 unspecified atom stereocenters. The number of unbranched alkanes of at least 4 members (excludes halogenated alkanes) is 2. The number of hydrogen-bond donors (Lipinski definition) is 2. The zero-order chi connectivity index (χ0) is 13.2. The lowest BCUT2D eigenvalue weighted by atomic mass is 10.2. The van der Waals surface area contributed by atoms with E-state index in [0.29, 0.717) is 6.54 Å². The fraction of sp³-hybridized carbons (Fsp3) is 0.750. The highest BCUT2D eigenvalue weighted by atomic mass is 127. The minimum Gasteiger partial charge on any atom is -0.356 e. The lowest BCUT2D eigenvalue weighted by Gasteiger charge is -2.11. The maximum atomic E-state index is 4.18. The van der Waals surface area contributed by atoms with E-state index in [0.717, 1.165) is 24.9 Å². The van der Waals surface area contributed by atoms with Gasteiger partial charge in [0, 0.05) is 20.1 Å². The second-order valence-electron chi connectivity index (χ2n) is 4.09. The van der Waals surface area contributed by atoms with Crippen LogP contribution in [0.4, 0.5) is 0 Å². The molecule has 0 aliphatic carbocycles. The molecule has 1 rings (SSSR count). The highest BCUT2D eigenvalue weighted by molar-refractivity contribution is 14.0. The van der Waals surface area contributed by atoms with Crippen molar-refractivity contribution in [3.8, 4) is 0 Å². The lowest BCUT2D eigenvalue weighted by Crippen LogP contribution is -2.37. The monoisotopic (exact) mass is 380 g/mol. The first-order valence-electron chi connectivity index (χ1n) is 6.63. The summed E-state index contributed by atoms with van der Waals surface area (Å²) >= 11 is 0. The van der Waals surface area contributed by atoms with E-state index >= 15 is 0 Å². The summed E-state index contributed by atoms with van der Waals surface area (Å²) in [6, 6.07) is 0. The number of rotatable bonds is 7. The molecule has 0 atom stereocenters. The number of nitrogens with one attached hydrogen (secondary N) is 2. The zero-order valence-electron chi connectivity index (χ0n) is 12.0. The summed E-state index contributed by atoms with van der Waals surface area (Å²) in [5, 5.41) is 14.5. The lowest BCUT2D eigenvalue weighted by molar-refractivity contribution is 0.656. The first-order valence-corrected chi connectivity index (χ1v) is 6.63. The molecule has 1 aromatic rings. The van der Waals surface area contributed by atoms with E-state index in [-0.39, 0.29) is 24.0 Å². The summed E-state index contributed by atoms with van der Waals surface area (Å²) in [4.78, 5) is 4.18. The Balaban J connectivity index is 0.00000324. The Morgan fingerprint density at radius 3 is 2.74 bits per heavy atom. The molecule has 19 heavy (non-hydrogen) atoms. The fourth-order valence-electron chi connectivity index (χ4n) is 1.65. The van der Waals surface area contributed by atoms with Crippen LogP contribution in [-0.2, 0) is 13.1 Å². The second-order valence-corrected chi connectivity index (χ2v) is 4.09. The highest BCUT2D eigenvalue weighted by Crippen LogP contribution is 1.94. The zero-order valence-corrected chi connectivity index (χ0v) is 14.3. The van der Waals surface area contributed by atoms with Gasteiger partial charge in [-0.15, -0.1) is 34.2 Å². The average Bonchev–Trinajstić information content (AvgIpc) is 2.85. The van der Waals surface area contributed by atoms with Crippen LogP contribution < -0.4 is 10.6 Å². The molecule has 0 saturated heterocycles. The SMILES string of the molecule is CCCCCNC(=NC)NCc1nncn1CC.I. The van der Waals surface area contributed by atoms with Crippen LogP contribution in [0.25, 0.3) is 0 Å². The predicted molar refractivity (Wildman–Crippen MR) is 88.8 cm³/mol. The Hall–Kier alpha value is -0.860. The van der Waals surface area contributed by atoms with E-state index in [4.69, 9.17) is 0 Å². The third-order valence-electron chi connectivity index (χ3n) is 2.75. The smallest absolute Gasteiger partial charge is 0.191 e. The van der Waals surface area contributed by atoms with Crippen LogP contribution in [-0.4, -0.2) is 34.3 Å². The van der Waals surface area contributed by atoms with Crippen LogP contribution >= 0.6 is 24.0 Å². The maximum Gasteiger partial charge on any atom is 0.191 e. The van der Waals surface area contributed by atoms with Gasteiger partial charge >= 0.3 is 0 Å². The molecule has 1 heterocycles. The predicted octanol–water partition coefficient (Wildman–Crippen LogP) is 1.77. The van der Waals surface area contributed by atoms with Crippen molar-refractivity contribution in [1.82, 2.24) is 25.4 Å². The minimum atomic E-state index is 0. The molecular weight excluding hydrogens is 355 g/mol. The Kier molecular flexibility index (Phi) is 10.5. The van der Waals surface area contributed by atoms with E-state index < -0.39 is 0 Å². The van der Waals surface area contributed by atoms with Crippen molar-refractivity contribution in [1.29, 1.82) is 0 Å². The number of nitrogens with zero attached hydrogens (tertiary/aromatic N) is 4. The van der Waals surface area contributed by atoms with Gasteiger partial charge in [-0.25, -0.2) is 0 Å². The van der Waals surface area contributed by atoms with Gasteiger partial charge < -0.3 is 15.2 Å². The molecular formula is C12H25IN6. The van der Waals surface area contributed by atoms with Crippen molar-refractivity contribution in [2.24, 2.45) is 4.99 Å². The van der Waals surface area contributed by atoms with Gasteiger partial charge in [0.15, 0.2) is 11.8 Å². The first kappa shape index (κ1) is 18.1. The van der Waals surface area contributed by atoms with Crippen LogP contribution in [0.5, 0.6) is 0 Å². The number of halogens is 1. The minimum absolute atomic E-state index is 0. The second kappa shape index (κ2) is 11.0. The summed E-state index contributed by atoms with van der Waals surface area (Å²) in [5.74, 6) is 1.74. The number of guanidine groups is 1. The van der Waals surface area contributed by atoms with E-state index in [1.807, 2.05) is 4.57 Å². The third-order valence-corrected chi connectivity index (χ3v) is 2.75. The van der Waals surface area contributed by atoms with Gasteiger partial charge in [0.2, 0.25) is 0 Å². The van der Waals surface area contributed by atoms with E-state index in [2.05, 4.69) is 39.7 Å². The topological polar surface area (TPSA) is 67.1 Å². The molecule has 7 heteroatoms. The van der Waals surface area contributed by atoms with Crippen molar-refractivity contribution in [3.63, 3.8) is 0 Å². The molecule has 110 valence electrons. The molecule has 0 aromatic carbocycles. The quantitative estimate of drug-likeness (QED) is 0.328. The van der Waals surface area contributed by atoms with Gasteiger partial charge in [0.05, 0.1) is 6.54 Å². The van der Waals surface area contributed by atoms with Gasteiger partial charge in [-0.2, -0.15) is 0 Å². The molecule has 0 bridgehead atoms. The first-order chi connectivity index (χ1) is 8.81. The third kappa shape index (κ3) is 6.74. The summed E-state index contributed by atoms with van der Waals surface area (Å²) < 4.78 is 2.01. The molecule has 6 nitrogen and oxygen atoms in total. The summed E-state index contributed by atoms with van der Waals surface area (Å²) in [7, 11) is 1.78. The van der Waals surface area contributed by atoms with Crippen LogP contribution in [0.1, 0.15) is 38.9 Å². The molecule has 0 spiro atoms. The van der Waals surface area contributed by atoms with Gasteiger partial charge in [-0.1, -0.05) is 19.8 Å². The summed E-state index contributed by atoms with van der Waals surface area (Å²) in [6.07, 6.45) is 5.39. The van der Waals surface area contributed by atoms with E-state index in [9.17, 15) is 0 Å². The summed E-state index contributed by atoms with van der Waals surface area (Å²) in [5.41, 5.74) is 0. The van der Waals surface area contributed by atoms with Crippen molar-refractivity contribution in [2.75, 3.05) is 13.6 Å². The number of aliphatic imine (C=N–C) groups is 1. The Bertz CT molecular complexity index is 363. The molecule has 0 fully saturated rings. The number of aromatic nitrogens is 3. The normalized spacial score (nSPS) is 11.0. The van der Waals surface area contributed by atoms with Crippen LogP contribution in [0.2, 0.25) is 0 Å². The Morgan fingerprint density at radius 2 is 2.11 bits per heavy atom. The molecule has 1 aromatic heterocycles. The van der Waals surface area contributed by atoms with Gasteiger partial charge in [0.1, 0.15) is 6.33 Å². The maximum absolute atomic E-state index is 4.18. The molecule has 0 aliphatic heterocycles. The molecule has 2 N–H and O–H groups in total. The number of hydrogen-bond acceptors (Lipinski definition) is 3. The summed E-state index contributed by atoms with van der Waals surface area (Å²) in [6.45, 7) is 6.75. The highest BCUT2D eigenvalue weighted by Gasteiger charge is 2.03. The number of aryl methyl sites for hydroxylation is 1. The van der Waals surface area contributed by atoms with Crippen molar-refractivity contribution < 1.29 is 0 Å². The molecule has 0 amide bonds. The van der Waals surface area contributed by atoms with E-state index in [1.54, 1.807) is 13.4 Å². The van der Waals surface area contributed by atoms with Crippen molar-refractivity contribution in [2.45, 2.75) is 46.2 Å². The van der Waals surface area contributed by atoms with Gasteiger partial charge in [-0.05, 0) is 13.3 Å². The molecule has 0 saturated carbocycles. The fourth-order valence-corrected chi connectivity index (χ4v) is 1.65.